The predicted molar refractivity (Wildman–Crippen MR) is 127 cm³/mol. The van der Waals surface area contributed by atoms with Crippen molar-refractivity contribution in [3.8, 4) is 5.75 Å². The summed E-state index contributed by atoms with van der Waals surface area (Å²) < 4.78 is 33.6. The highest BCUT2D eigenvalue weighted by atomic mass is 32.3. The van der Waals surface area contributed by atoms with Gasteiger partial charge in [0, 0.05) is 25.4 Å². The third-order valence-corrected chi connectivity index (χ3v) is 5.81. The smallest absolute Gasteiger partial charge is 0.396 e. The molecule has 0 radical (unpaired) electrons. The van der Waals surface area contributed by atoms with Gasteiger partial charge in [0.25, 0.3) is 0 Å². The summed E-state index contributed by atoms with van der Waals surface area (Å²) in [5.41, 5.74) is 2.09. The number of rotatable bonds is 15. The average Bonchev–Trinajstić information content (AvgIpc) is 2.79. The van der Waals surface area contributed by atoms with Crippen LogP contribution in [0.2, 0.25) is 0 Å². The molecule has 0 heterocycles. The van der Waals surface area contributed by atoms with Gasteiger partial charge in [0.05, 0.1) is 13.2 Å². The zero-order chi connectivity index (χ0) is 23.2. The average molecular weight is 464 g/mol. The van der Waals surface area contributed by atoms with Crippen molar-refractivity contribution in [2.45, 2.75) is 26.2 Å². The number of para-hydroxylation sites is 1. The van der Waals surface area contributed by atoms with E-state index in [0.717, 1.165) is 17.8 Å². The Labute approximate surface area is 191 Å². The fraction of sp³-hybridized carbons (Fsp3) is 0.417. The Balaban J connectivity index is 1.83. The topological polar surface area (TPSA) is 96.3 Å². The van der Waals surface area contributed by atoms with E-state index in [1.165, 1.54) is 0 Å². The minimum absolute atomic E-state index is 0.0113. The maximum Gasteiger partial charge on any atom is 0.449 e. The van der Waals surface area contributed by atoms with E-state index in [4.69, 9.17) is 13.5 Å². The van der Waals surface area contributed by atoms with Crippen molar-refractivity contribution < 1.29 is 27.0 Å². The van der Waals surface area contributed by atoms with Crippen LogP contribution in [0.3, 0.4) is 0 Å². The maximum absolute atomic E-state index is 11.9. The number of allylic oxidation sites excluding steroid dienone is 1. The SMILES string of the molecule is CCN(CCO)c1ccc(/C=C/C(CCO)CCCOS(=O)(=O)Oc2ccccc2)cc1. The maximum atomic E-state index is 11.9. The highest BCUT2D eigenvalue weighted by Crippen LogP contribution is 2.19. The molecule has 7 nitrogen and oxygen atoms in total. The van der Waals surface area contributed by atoms with E-state index < -0.39 is 10.4 Å². The van der Waals surface area contributed by atoms with E-state index in [0.29, 0.717) is 25.8 Å². The number of aliphatic hydroxyl groups is 2. The van der Waals surface area contributed by atoms with Gasteiger partial charge in [-0.2, -0.15) is 8.42 Å². The highest BCUT2D eigenvalue weighted by Gasteiger charge is 2.14. The van der Waals surface area contributed by atoms with Crippen LogP contribution in [0.15, 0.2) is 60.7 Å². The number of anilines is 1. The van der Waals surface area contributed by atoms with Crippen LogP contribution >= 0.6 is 0 Å². The van der Waals surface area contributed by atoms with Crippen LogP contribution in [-0.4, -0.2) is 51.5 Å². The molecule has 0 aliphatic heterocycles. The summed E-state index contributed by atoms with van der Waals surface area (Å²) in [6.07, 6.45) is 5.81. The Morgan fingerprint density at radius 2 is 1.72 bits per heavy atom. The lowest BCUT2D eigenvalue weighted by atomic mass is 9.98. The van der Waals surface area contributed by atoms with Crippen LogP contribution in [0.4, 0.5) is 5.69 Å². The Hall–Kier alpha value is -2.39. The first-order valence-corrected chi connectivity index (χ1v) is 12.2. The van der Waals surface area contributed by atoms with Gasteiger partial charge in [-0.25, -0.2) is 4.18 Å². The van der Waals surface area contributed by atoms with E-state index in [1.807, 2.05) is 43.3 Å². The van der Waals surface area contributed by atoms with Gasteiger partial charge in [-0.3, -0.25) is 0 Å². The molecule has 2 N–H and O–H groups in total. The van der Waals surface area contributed by atoms with Gasteiger partial charge in [-0.05, 0) is 61.9 Å². The number of benzene rings is 2. The summed E-state index contributed by atoms with van der Waals surface area (Å²) in [5, 5.41) is 18.5. The fourth-order valence-electron chi connectivity index (χ4n) is 3.26. The molecule has 8 heteroatoms. The molecule has 1 atom stereocenters. The molecule has 0 aliphatic rings. The summed E-state index contributed by atoms with van der Waals surface area (Å²) in [7, 11) is -4.10. The molecule has 0 amide bonds. The van der Waals surface area contributed by atoms with Gasteiger partial charge < -0.3 is 19.3 Å². The van der Waals surface area contributed by atoms with Crippen LogP contribution < -0.4 is 9.08 Å². The molecular weight excluding hydrogens is 430 g/mol. The normalized spacial score (nSPS) is 12.7. The fourth-order valence-corrected chi connectivity index (χ4v) is 3.98. The minimum Gasteiger partial charge on any atom is -0.396 e. The Kier molecular flexibility index (Phi) is 11.2. The Bertz CT molecular complexity index is 900. The molecule has 0 saturated heterocycles. The largest absolute Gasteiger partial charge is 0.449 e. The molecule has 2 aromatic carbocycles. The molecule has 0 spiro atoms. The molecule has 0 bridgehead atoms. The number of likely N-dealkylation sites (N-methyl/N-ethyl adjacent to an activating group) is 1. The minimum atomic E-state index is -4.10. The van der Waals surface area contributed by atoms with Crippen molar-refractivity contribution in [1.29, 1.82) is 0 Å². The lowest BCUT2D eigenvalue weighted by Gasteiger charge is -2.22. The first-order valence-electron chi connectivity index (χ1n) is 10.9. The molecule has 0 aliphatic carbocycles. The number of nitrogens with zero attached hydrogens (tertiary/aromatic N) is 1. The lowest BCUT2D eigenvalue weighted by Crippen LogP contribution is -2.25. The standard InChI is InChI=1S/C24H33NO6S/c1-2-25(17-19-27)23-14-12-22(13-15-23)11-10-21(16-18-26)7-6-20-30-32(28,29)31-24-8-4-3-5-9-24/h3-5,8-15,21,26-27H,2,6-7,16-20H2,1H3/b11-10+. The van der Waals surface area contributed by atoms with Crippen molar-refractivity contribution in [1.82, 2.24) is 0 Å². The highest BCUT2D eigenvalue weighted by molar-refractivity contribution is 7.82. The van der Waals surface area contributed by atoms with E-state index in [9.17, 15) is 13.5 Å². The zero-order valence-corrected chi connectivity index (χ0v) is 19.3. The summed E-state index contributed by atoms with van der Waals surface area (Å²) in [6.45, 7) is 3.64. The first kappa shape index (κ1) is 25.9. The van der Waals surface area contributed by atoms with Gasteiger partial charge in [-0.1, -0.05) is 42.5 Å². The second-order valence-electron chi connectivity index (χ2n) is 7.30. The van der Waals surface area contributed by atoms with Crippen molar-refractivity contribution in [2.75, 3.05) is 37.8 Å². The number of hydrogen-bond acceptors (Lipinski definition) is 7. The van der Waals surface area contributed by atoms with Crippen molar-refractivity contribution in [3.63, 3.8) is 0 Å². The zero-order valence-electron chi connectivity index (χ0n) is 18.5. The van der Waals surface area contributed by atoms with Crippen LogP contribution in [0.25, 0.3) is 6.08 Å². The molecule has 176 valence electrons. The molecule has 2 rings (SSSR count). The van der Waals surface area contributed by atoms with Crippen molar-refractivity contribution in [3.05, 3.63) is 66.2 Å². The number of aliphatic hydroxyl groups excluding tert-OH is 2. The predicted octanol–water partition coefficient (Wildman–Crippen LogP) is 3.64. The molecule has 32 heavy (non-hydrogen) atoms. The molecule has 0 fully saturated rings. The van der Waals surface area contributed by atoms with Crippen LogP contribution in [0.5, 0.6) is 5.75 Å². The Morgan fingerprint density at radius 1 is 1.00 bits per heavy atom. The summed E-state index contributed by atoms with van der Waals surface area (Å²) >= 11 is 0. The molecular formula is C24H33NO6S. The van der Waals surface area contributed by atoms with Crippen LogP contribution in [-0.2, 0) is 14.6 Å². The van der Waals surface area contributed by atoms with Gasteiger partial charge in [-0.15, -0.1) is 0 Å². The number of hydrogen-bond donors (Lipinski definition) is 2. The molecule has 0 saturated carbocycles. The third kappa shape index (κ3) is 9.40. The second kappa shape index (κ2) is 13.9. The van der Waals surface area contributed by atoms with Gasteiger partial charge in [0.2, 0.25) is 0 Å². The quantitative estimate of drug-likeness (QED) is 0.389. The van der Waals surface area contributed by atoms with Crippen LogP contribution in [0.1, 0.15) is 31.7 Å². The van der Waals surface area contributed by atoms with Crippen LogP contribution in [0, 0.1) is 5.92 Å². The van der Waals surface area contributed by atoms with Crippen molar-refractivity contribution >= 4 is 22.2 Å². The van der Waals surface area contributed by atoms with Gasteiger partial charge in [0.15, 0.2) is 0 Å². The first-order chi connectivity index (χ1) is 15.5. The second-order valence-corrected chi connectivity index (χ2v) is 8.51. The molecule has 1 unspecified atom stereocenters. The summed E-state index contributed by atoms with van der Waals surface area (Å²) in [4.78, 5) is 2.09. The molecule has 0 aromatic heterocycles. The Morgan fingerprint density at radius 3 is 2.34 bits per heavy atom. The lowest BCUT2D eigenvalue weighted by molar-refractivity contribution is 0.244. The summed E-state index contributed by atoms with van der Waals surface area (Å²) in [5.74, 6) is 0.306. The summed E-state index contributed by atoms with van der Waals surface area (Å²) in [6, 6.07) is 16.3. The third-order valence-electron chi connectivity index (χ3n) is 4.96. The van der Waals surface area contributed by atoms with E-state index in [-0.39, 0.29) is 31.5 Å². The van der Waals surface area contributed by atoms with E-state index >= 15 is 0 Å². The van der Waals surface area contributed by atoms with Gasteiger partial charge >= 0.3 is 10.4 Å². The van der Waals surface area contributed by atoms with Gasteiger partial charge in [0.1, 0.15) is 5.75 Å². The van der Waals surface area contributed by atoms with E-state index in [1.54, 1.807) is 30.3 Å². The monoisotopic (exact) mass is 463 g/mol. The molecule has 2 aromatic rings. The van der Waals surface area contributed by atoms with Crippen molar-refractivity contribution in [2.24, 2.45) is 5.92 Å². The van der Waals surface area contributed by atoms with E-state index in [2.05, 4.69) is 4.90 Å².